The highest BCUT2D eigenvalue weighted by molar-refractivity contribution is 14.1. The van der Waals surface area contributed by atoms with Crippen LogP contribution in [0.2, 0.25) is 15.1 Å². The topological polar surface area (TPSA) is 12.9 Å². The lowest BCUT2D eigenvalue weighted by atomic mass is 10.1. The summed E-state index contributed by atoms with van der Waals surface area (Å²) in [7, 11) is 0. The Morgan fingerprint density at radius 1 is 1.12 bits per heavy atom. The predicted molar refractivity (Wildman–Crippen MR) is 77.4 cm³/mol. The van der Waals surface area contributed by atoms with Crippen molar-refractivity contribution in [3.05, 3.63) is 48.9 Å². The standard InChI is InChI=1S/C11H4Cl3FIN/c12-5-1-7(10(14)8(13)2-5)11-9(16)3-6(15)4-17-11/h1-4H. The van der Waals surface area contributed by atoms with Crippen molar-refractivity contribution in [3.63, 3.8) is 0 Å². The summed E-state index contributed by atoms with van der Waals surface area (Å²) in [6, 6.07) is 4.57. The zero-order chi connectivity index (χ0) is 12.6. The summed E-state index contributed by atoms with van der Waals surface area (Å²) in [6.45, 7) is 0. The molecule has 6 heteroatoms. The van der Waals surface area contributed by atoms with Crippen LogP contribution in [0, 0.1) is 9.39 Å². The van der Waals surface area contributed by atoms with Gasteiger partial charge in [-0.2, -0.15) is 0 Å². The van der Waals surface area contributed by atoms with Gasteiger partial charge in [-0.3, -0.25) is 4.98 Å². The Morgan fingerprint density at radius 2 is 1.82 bits per heavy atom. The van der Waals surface area contributed by atoms with E-state index in [4.69, 9.17) is 34.8 Å². The molecule has 0 amide bonds. The summed E-state index contributed by atoms with van der Waals surface area (Å²) in [4.78, 5) is 4.01. The van der Waals surface area contributed by atoms with E-state index in [1.54, 1.807) is 12.1 Å². The van der Waals surface area contributed by atoms with Crippen molar-refractivity contribution in [2.24, 2.45) is 0 Å². The fourth-order valence-corrected chi connectivity index (χ4v) is 2.76. The number of nitrogens with zero attached hydrogens (tertiary/aromatic N) is 1. The number of hydrogen-bond donors (Lipinski definition) is 0. The normalized spacial score (nSPS) is 10.6. The van der Waals surface area contributed by atoms with Gasteiger partial charge in [-0.25, -0.2) is 4.39 Å². The zero-order valence-electron chi connectivity index (χ0n) is 8.15. The lowest BCUT2D eigenvalue weighted by Gasteiger charge is -2.08. The van der Waals surface area contributed by atoms with Crippen LogP contribution >= 0.6 is 57.4 Å². The molecule has 0 saturated carbocycles. The molecule has 0 aliphatic rings. The maximum absolute atomic E-state index is 13.0. The number of benzene rings is 1. The first-order chi connectivity index (χ1) is 7.99. The number of rotatable bonds is 1. The minimum absolute atomic E-state index is 0.344. The summed E-state index contributed by atoms with van der Waals surface area (Å²) in [5, 5.41) is 1.15. The second-order valence-corrected chi connectivity index (χ2v) is 5.62. The van der Waals surface area contributed by atoms with Gasteiger partial charge in [0.25, 0.3) is 0 Å². The fraction of sp³-hybridized carbons (Fsp3) is 0. The number of aromatic nitrogens is 1. The van der Waals surface area contributed by atoms with Crippen molar-refractivity contribution >= 4 is 57.4 Å². The van der Waals surface area contributed by atoms with Gasteiger partial charge < -0.3 is 0 Å². The molecule has 0 spiro atoms. The van der Waals surface area contributed by atoms with Gasteiger partial charge in [0.05, 0.1) is 21.9 Å². The van der Waals surface area contributed by atoms with E-state index >= 15 is 0 Å². The molecule has 17 heavy (non-hydrogen) atoms. The molecule has 2 rings (SSSR count). The Balaban J connectivity index is 2.68. The summed E-state index contributed by atoms with van der Waals surface area (Å²) in [6.07, 6.45) is 1.13. The highest BCUT2D eigenvalue weighted by Gasteiger charge is 2.13. The Kier molecular flexibility index (Phi) is 4.13. The molecule has 0 bridgehead atoms. The molecule has 0 radical (unpaired) electrons. The minimum Gasteiger partial charge on any atom is -0.252 e. The van der Waals surface area contributed by atoms with Crippen LogP contribution in [0.3, 0.4) is 0 Å². The first kappa shape index (κ1) is 13.3. The molecule has 0 saturated heterocycles. The van der Waals surface area contributed by atoms with Gasteiger partial charge in [0.15, 0.2) is 0 Å². The first-order valence-corrected chi connectivity index (χ1v) is 6.66. The lowest BCUT2D eigenvalue weighted by molar-refractivity contribution is 0.620. The van der Waals surface area contributed by atoms with Crippen molar-refractivity contribution in [2.45, 2.75) is 0 Å². The van der Waals surface area contributed by atoms with Crippen LogP contribution in [0.15, 0.2) is 24.4 Å². The van der Waals surface area contributed by atoms with Crippen molar-refractivity contribution < 1.29 is 4.39 Å². The van der Waals surface area contributed by atoms with E-state index in [0.29, 0.717) is 29.9 Å². The quantitative estimate of drug-likeness (QED) is 0.456. The van der Waals surface area contributed by atoms with Crippen molar-refractivity contribution in [1.82, 2.24) is 4.98 Å². The Hall–Kier alpha value is -0.100. The Labute approximate surface area is 126 Å². The van der Waals surface area contributed by atoms with Gasteiger partial charge in [0, 0.05) is 14.2 Å². The van der Waals surface area contributed by atoms with E-state index < -0.39 is 5.82 Å². The summed E-state index contributed by atoms with van der Waals surface area (Å²) in [5.41, 5.74) is 1.15. The van der Waals surface area contributed by atoms with Crippen LogP contribution in [-0.2, 0) is 0 Å². The van der Waals surface area contributed by atoms with E-state index in [2.05, 4.69) is 4.98 Å². The highest BCUT2D eigenvalue weighted by atomic mass is 127. The van der Waals surface area contributed by atoms with Gasteiger partial charge >= 0.3 is 0 Å². The second kappa shape index (κ2) is 5.26. The molecule has 1 aromatic carbocycles. The summed E-state index contributed by atoms with van der Waals surface area (Å²) >= 11 is 19.9. The van der Waals surface area contributed by atoms with Crippen molar-refractivity contribution in [1.29, 1.82) is 0 Å². The van der Waals surface area contributed by atoms with Crippen LogP contribution < -0.4 is 0 Å². The molecule has 0 fully saturated rings. The van der Waals surface area contributed by atoms with Gasteiger partial charge in [0.2, 0.25) is 0 Å². The van der Waals surface area contributed by atoms with Gasteiger partial charge in [-0.05, 0) is 40.8 Å². The predicted octanol–water partition coefficient (Wildman–Crippen LogP) is 5.45. The molecule has 0 N–H and O–H groups in total. The van der Waals surface area contributed by atoms with Gasteiger partial charge in [-0.1, -0.05) is 34.8 Å². The number of halogens is 5. The summed E-state index contributed by atoms with van der Waals surface area (Å²) in [5.74, 6) is -0.401. The average Bonchev–Trinajstić information content (AvgIpc) is 2.24. The molecule has 0 unspecified atom stereocenters. The van der Waals surface area contributed by atoms with Crippen molar-refractivity contribution in [2.75, 3.05) is 0 Å². The molecule has 1 nitrogen and oxygen atoms in total. The van der Waals surface area contributed by atoms with E-state index in [-0.39, 0.29) is 0 Å². The molecule has 1 heterocycles. The SMILES string of the molecule is Fc1cnc(-c2cc(Cl)cc(Cl)c2Cl)c(I)c1. The third-order valence-electron chi connectivity index (χ3n) is 2.06. The van der Waals surface area contributed by atoms with Crippen LogP contribution in [0.5, 0.6) is 0 Å². The van der Waals surface area contributed by atoms with Gasteiger partial charge in [0.1, 0.15) is 5.82 Å². The second-order valence-electron chi connectivity index (χ2n) is 3.23. The third-order valence-corrected chi connectivity index (χ3v) is 3.90. The Bertz CT molecular complexity index is 589. The average molecular weight is 402 g/mol. The number of hydrogen-bond acceptors (Lipinski definition) is 1. The maximum Gasteiger partial charge on any atom is 0.142 e. The summed E-state index contributed by atoms with van der Waals surface area (Å²) < 4.78 is 13.6. The van der Waals surface area contributed by atoms with E-state index in [1.165, 1.54) is 6.07 Å². The molecule has 0 atom stereocenters. The first-order valence-electron chi connectivity index (χ1n) is 4.45. The van der Waals surface area contributed by atoms with Crippen LogP contribution in [0.25, 0.3) is 11.3 Å². The van der Waals surface area contributed by atoms with Crippen LogP contribution in [-0.4, -0.2) is 4.98 Å². The monoisotopic (exact) mass is 401 g/mol. The molecule has 88 valence electrons. The molecular formula is C11H4Cl3FIN. The lowest BCUT2D eigenvalue weighted by Crippen LogP contribution is -1.91. The smallest absolute Gasteiger partial charge is 0.142 e. The fourth-order valence-electron chi connectivity index (χ4n) is 1.34. The third kappa shape index (κ3) is 2.84. The van der Waals surface area contributed by atoms with E-state index in [9.17, 15) is 4.39 Å². The molecule has 2 aromatic rings. The molecule has 0 aliphatic heterocycles. The highest BCUT2D eigenvalue weighted by Crippen LogP contribution is 2.37. The molecule has 1 aromatic heterocycles. The Morgan fingerprint density at radius 3 is 2.47 bits per heavy atom. The van der Waals surface area contributed by atoms with Gasteiger partial charge in [-0.15, -0.1) is 0 Å². The van der Waals surface area contributed by atoms with Crippen molar-refractivity contribution in [3.8, 4) is 11.3 Å². The minimum atomic E-state index is -0.401. The van der Waals surface area contributed by atoms with Crippen LogP contribution in [0.1, 0.15) is 0 Å². The zero-order valence-corrected chi connectivity index (χ0v) is 12.6. The van der Waals surface area contributed by atoms with Crippen LogP contribution in [0.4, 0.5) is 4.39 Å². The largest absolute Gasteiger partial charge is 0.252 e. The number of pyridine rings is 1. The molecular weight excluding hydrogens is 398 g/mol. The maximum atomic E-state index is 13.0. The van der Waals surface area contributed by atoms with E-state index in [1.807, 2.05) is 22.6 Å². The van der Waals surface area contributed by atoms with E-state index in [0.717, 1.165) is 6.20 Å². The molecule has 0 aliphatic carbocycles.